The smallest absolute Gasteiger partial charge is 0.253 e. The van der Waals surface area contributed by atoms with E-state index in [2.05, 4.69) is 10.6 Å². The van der Waals surface area contributed by atoms with Crippen LogP contribution in [0.5, 0.6) is 0 Å². The van der Waals surface area contributed by atoms with Gasteiger partial charge in [-0.1, -0.05) is 42.8 Å². The summed E-state index contributed by atoms with van der Waals surface area (Å²) in [6.45, 7) is 7.98. The zero-order chi connectivity index (χ0) is 18.4. The van der Waals surface area contributed by atoms with Gasteiger partial charge in [-0.2, -0.15) is 0 Å². The Morgan fingerprint density at radius 1 is 1.08 bits per heavy atom. The third-order valence-corrected chi connectivity index (χ3v) is 4.29. The zero-order valence-electron chi connectivity index (χ0n) is 15.3. The molecule has 2 aromatic rings. The summed E-state index contributed by atoms with van der Waals surface area (Å²) in [6, 6.07) is 13.3. The lowest BCUT2D eigenvalue weighted by Crippen LogP contribution is -2.32. The van der Waals surface area contributed by atoms with Crippen LogP contribution in [-0.4, -0.2) is 17.9 Å². The van der Waals surface area contributed by atoms with E-state index in [9.17, 15) is 9.59 Å². The number of rotatable bonds is 6. The van der Waals surface area contributed by atoms with Crippen LogP contribution in [0.15, 0.2) is 42.5 Å². The van der Waals surface area contributed by atoms with Gasteiger partial charge in [0.05, 0.1) is 17.7 Å². The Morgan fingerprint density at radius 2 is 1.80 bits per heavy atom. The minimum Gasteiger partial charge on any atom is -0.350 e. The first-order chi connectivity index (χ1) is 11.9. The number of carbonyl (C=O) groups is 2. The highest BCUT2D eigenvalue weighted by Crippen LogP contribution is 2.17. The van der Waals surface area contributed by atoms with Gasteiger partial charge in [-0.25, -0.2) is 0 Å². The van der Waals surface area contributed by atoms with Crippen molar-refractivity contribution in [1.82, 2.24) is 5.32 Å². The lowest BCUT2D eigenvalue weighted by molar-refractivity contribution is -0.115. The van der Waals surface area contributed by atoms with Crippen LogP contribution in [0.1, 0.15) is 47.3 Å². The van der Waals surface area contributed by atoms with E-state index in [1.807, 2.05) is 52.0 Å². The van der Waals surface area contributed by atoms with E-state index in [4.69, 9.17) is 0 Å². The molecule has 2 N–H and O–H groups in total. The highest BCUT2D eigenvalue weighted by molar-refractivity contribution is 6.04. The van der Waals surface area contributed by atoms with E-state index in [0.29, 0.717) is 11.3 Å². The van der Waals surface area contributed by atoms with Crippen LogP contribution in [0.4, 0.5) is 5.69 Å². The minimum absolute atomic E-state index is 0.0891. The molecule has 4 nitrogen and oxygen atoms in total. The third-order valence-electron chi connectivity index (χ3n) is 4.29. The van der Waals surface area contributed by atoms with Crippen molar-refractivity contribution in [2.24, 2.45) is 0 Å². The first-order valence-corrected chi connectivity index (χ1v) is 8.66. The third kappa shape index (κ3) is 5.18. The summed E-state index contributed by atoms with van der Waals surface area (Å²) >= 11 is 0. The number of amides is 2. The topological polar surface area (TPSA) is 58.2 Å². The summed E-state index contributed by atoms with van der Waals surface area (Å²) in [5.41, 5.74) is 4.24. The molecule has 0 fully saturated rings. The summed E-state index contributed by atoms with van der Waals surface area (Å²) < 4.78 is 0. The molecular formula is C21H26N2O2. The maximum absolute atomic E-state index is 12.5. The molecule has 4 heteroatoms. The molecule has 1 atom stereocenters. The van der Waals surface area contributed by atoms with Crippen molar-refractivity contribution in [2.75, 3.05) is 5.32 Å². The van der Waals surface area contributed by atoms with Gasteiger partial charge in [-0.15, -0.1) is 0 Å². The molecule has 2 rings (SSSR count). The van der Waals surface area contributed by atoms with Crippen LogP contribution in [-0.2, 0) is 11.2 Å². The van der Waals surface area contributed by atoms with Gasteiger partial charge in [0, 0.05) is 6.04 Å². The predicted molar refractivity (Wildman–Crippen MR) is 102 cm³/mol. The summed E-state index contributed by atoms with van der Waals surface area (Å²) in [5.74, 6) is -0.297. The molecule has 2 amide bonds. The Labute approximate surface area is 149 Å². The van der Waals surface area contributed by atoms with Crippen LogP contribution >= 0.6 is 0 Å². The Balaban J connectivity index is 2.13. The first-order valence-electron chi connectivity index (χ1n) is 8.66. The summed E-state index contributed by atoms with van der Waals surface area (Å²) in [4.78, 5) is 24.9. The Hall–Kier alpha value is -2.62. The van der Waals surface area contributed by atoms with E-state index < -0.39 is 0 Å². The second-order valence-electron chi connectivity index (χ2n) is 6.48. The maximum atomic E-state index is 12.5. The zero-order valence-corrected chi connectivity index (χ0v) is 15.3. The fraction of sp³-hybridized carbons (Fsp3) is 0.333. The Morgan fingerprint density at radius 3 is 2.52 bits per heavy atom. The number of para-hydroxylation sites is 1. The Kier molecular flexibility index (Phi) is 6.34. The molecule has 0 spiro atoms. The standard InChI is InChI=1S/C21H26N2O2/c1-5-16(4)22-21(25)18-8-6-7-9-19(18)23-20(24)13-17-12-14(2)10-11-15(17)3/h6-12,16H,5,13H2,1-4H3,(H,22,25)(H,23,24)/t16-/m1/s1. The number of carbonyl (C=O) groups excluding carboxylic acids is 2. The lowest BCUT2D eigenvalue weighted by atomic mass is 10.0. The molecular weight excluding hydrogens is 312 g/mol. The van der Waals surface area contributed by atoms with Gasteiger partial charge in [0.2, 0.25) is 5.91 Å². The van der Waals surface area contributed by atoms with Gasteiger partial charge >= 0.3 is 0 Å². The first kappa shape index (κ1) is 18.7. The monoisotopic (exact) mass is 338 g/mol. The van der Waals surface area contributed by atoms with Crippen LogP contribution in [0.2, 0.25) is 0 Å². The van der Waals surface area contributed by atoms with E-state index >= 15 is 0 Å². The van der Waals surface area contributed by atoms with Crippen molar-refractivity contribution in [3.05, 3.63) is 64.7 Å². The van der Waals surface area contributed by atoms with Crippen molar-refractivity contribution in [3.63, 3.8) is 0 Å². The number of anilines is 1. The van der Waals surface area contributed by atoms with E-state index in [-0.39, 0.29) is 24.3 Å². The van der Waals surface area contributed by atoms with Crippen LogP contribution in [0, 0.1) is 13.8 Å². The molecule has 0 radical (unpaired) electrons. The number of hydrogen-bond acceptors (Lipinski definition) is 2. The second kappa shape index (κ2) is 8.47. The molecule has 25 heavy (non-hydrogen) atoms. The van der Waals surface area contributed by atoms with Gasteiger partial charge in [0.15, 0.2) is 0 Å². The fourth-order valence-electron chi connectivity index (χ4n) is 2.55. The largest absolute Gasteiger partial charge is 0.350 e. The minimum atomic E-state index is -0.169. The van der Waals surface area contributed by atoms with Gasteiger partial charge in [0.25, 0.3) is 5.91 Å². The van der Waals surface area contributed by atoms with Crippen molar-refractivity contribution in [3.8, 4) is 0 Å². The molecule has 0 unspecified atom stereocenters. The number of aryl methyl sites for hydroxylation is 2. The van der Waals surface area contributed by atoms with E-state index in [1.54, 1.807) is 18.2 Å². The van der Waals surface area contributed by atoms with Gasteiger partial charge in [-0.05, 0) is 50.5 Å². The van der Waals surface area contributed by atoms with Crippen molar-refractivity contribution in [1.29, 1.82) is 0 Å². The SMILES string of the molecule is CC[C@@H](C)NC(=O)c1ccccc1NC(=O)Cc1cc(C)ccc1C. The normalized spacial score (nSPS) is 11.7. The quantitative estimate of drug-likeness (QED) is 0.836. The number of hydrogen-bond donors (Lipinski definition) is 2. The fourth-order valence-corrected chi connectivity index (χ4v) is 2.55. The average molecular weight is 338 g/mol. The highest BCUT2D eigenvalue weighted by Gasteiger charge is 2.15. The molecule has 0 aliphatic carbocycles. The summed E-state index contributed by atoms with van der Waals surface area (Å²) in [5, 5.41) is 5.81. The molecule has 0 aliphatic heterocycles. The molecule has 0 bridgehead atoms. The van der Waals surface area contributed by atoms with Crippen molar-refractivity contribution >= 4 is 17.5 Å². The molecule has 0 aromatic heterocycles. The number of benzene rings is 2. The summed E-state index contributed by atoms with van der Waals surface area (Å²) in [6.07, 6.45) is 1.14. The maximum Gasteiger partial charge on any atom is 0.253 e. The molecule has 0 saturated heterocycles. The van der Waals surface area contributed by atoms with E-state index in [1.165, 1.54) is 0 Å². The predicted octanol–water partition coefficient (Wildman–Crippen LogP) is 4.01. The lowest BCUT2D eigenvalue weighted by Gasteiger charge is -2.15. The number of nitrogens with one attached hydrogen (secondary N) is 2. The van der Waals surface area contributed by atoms with Crippen molar-refractivity contribution in [2.45, 2.75) is 46.6 Å². The molecule has 2 aromatic carbocycles. The average Bonchev–Trinajstić information content (AvgIpc) is 2.58. The summed E-state index contributed by atoms with van der Waals surface area (Å²) in [7, 11) is 0. The van der Waals surface area contributed by atoms with Crippen LogP contribution in [0.25, 0.3) is 0 Å². The molecule has 0 heterocycles. The molecule has 0 aliphatic rings. The molecule has 0 saturated carbocycles. The second-order valence-corrected chi connectivity index (χ2v) is 6.48. The van der Waals surface area contributed by atoms with Gasteiger partial charge < -0.3 is 10.6 Å². The van der Waals surface area contributed by atoms with Crippen LogP contribution in [0.3, 0.4) is 0 Å². The van der Waals surface area contributed by atoms with E-state index in [0.717, 1.165) is 23.1 Å². The van der Waals surface area contributed by atoms with Crippen LogP contribution < -0.4 is 10.6 Å². The van der Waals surface area contributed by atoms with Gasteiger partial charge in [-0.3, -0.25) is 9.59 Å². The Bertz CT molecular complexity index is 768. The highest BCUT2D eigenvalue weighted by atomic mass is 16.2. The van der Waals surface area contributed by atoms with Crippen molar-refractivity contribution < 1.29 is 9.59 Å². The van der Waals surface area contributed by atoms with Gasteiger partial charge in [0.1, 0.15) is 0 Å². The molecule has 132 valence electrons.